The molecule has 0 spiro atoms. The van der Waals surface area contributed by atoms with Crippen molar-refractivity contribution in [2.45, 2.75) is 26.3 Å². The van der Waals surface area contributed by atoms with Crippen LogP contribution in [0, 0.1) is 6.92 Å². The first-order chi connectivity index (χ1) is 12.1. The molecule has 5 nitrogen and oxygen atoms in total. The molecule has 1 aliphatic heterocycles. The van der Waals surface area contributed by atoms with E-state index < -0.39 is 6.04 Å². The average Bonchev–Trinajstić information content (AvgIpc) is 2.85. The molecule has 0 saturated carbocycles. The Balaban J connectivity index is 1.63. The van der Waals surface area contributed by atoms with Crippen LogP contribution in [0.3, 0.4) is 0 Å². The Hall–Kier alpha value is -2.82. The van der Waals surface area contributed by atoms with Crippen molar-refractivity contribution in [3.63, 3.8) is 0 Å². The zero-order chi connectivity index (χ0) is 17.8. The third kappa shape index (κ3) is 3.65. The predicted molar refractivity (Wildman–Crippen MR) is 96.6 cm³/mol. The molecule has 5 heteroatoms. The maximum absolute atomic E-state index is 12.7. The van der Waals surface area contributed by atoms with Crippen molar-refractivity contribution in [2.75, 3.05) is 18.1 Å². The minimum absolute atomic E-state index is 0.0905. The first-order valence-corrected chi connectivity index (χ1v) is 8.44. The average molecular weight is 338 g/mol. The highest BCUT2D eigenvalue weighted by Crippen LogP contribution is 2.35. The summed E-state index contributed by atoms with van der Waals surface area (Å²) in [5.41, 5.74) is 2.81. The Kier molecular flexibility index (Phi) is 5.03. The SMILES string of the molecule is CC(=O)N[C@H]1C(=O)N(CCCOc2ccccc2C)c2ccccc21. The smallest absolute Gasteiger partial charge is 0.254 e. The van der Waals surface area contributed by atoms with Gasteiger partial charge in [-0.05, 0) is 31.0 Å². The normalized spacial score (nSPS) is 15.8. The second kappa shape index (κ2) is 7.38. The quantitative estimate of drug-likeness (QED) is 0.824. The number of nitrogens with one attached hydrogen (secondary N) is 1. The molecule has 0 saturated heterocycles. The van der Waals surface area contributed by atoms with Gasteiger partial charge in [-0.15, -0.1) is 0 Å². The van der Waals surface area contributed by atoms with Crippen molar-refractivity contribution < 1.29 is 14.3 Å². The summed E-state index contributed by atoms with van der Waals surface area (Å²) in [5.74, 6) is 0.567. The van der Waals surface area contributed by atoms with Crippen LogP contribution in [0.1, 0.15) is 30.5 Å². The molecule has 2 amide bonds. The number of carbonyl (C=O) groups excluding carboxylic acids is 2. The molecule has 0 unspecified atom stereocenters. The van der Waals surface area contributed by atoms with E-state index in [0.717, 1.165) is 22.6 Å². The molecule has 0 aromatic heterocycles. The van der Waals surface area contributed by atoms with E-state index >= 15 is 0 Å². The van der Waals surface area contributed by atoms with Crippen LogP contribution in [0.15, 0.2) is 48.5 Å². The first-order valence-electron chi connectivity index (χ1n) is 8.44. The van der Waals surface area contributed by atoms with Gasteiger partial charge in [0.15, 0.2) is 0 Å². The maximum atomic E-state index is 12.7. The number of amides is 2. The third-order valence-electron chi connectivity index (χ3n) is 4.28. The summed E-state index contributed by atoms with van der Waals surface area (Å²) >= 11 is 0. The number of anilines is 1. The summed E-state index contributed by atoms with van der Waals surface area (Å²) in [4.78, 5) is 25.8. The highest BCUT2D eigenvalue weighted by atomic mass is 16.5. The molecule has 0 aliphatic carbocycles. The van der Waals surface area contributed by atoms with Crippen LogP contribution in [0.5, 0.6) is 5.75 Å². The number of para-hydroxylation sites is 2. The number of hydrogen-bond donors (Lipinski definition) is 1. The summed E-state index contributed by atoms with van der Waals surface area (Å²) in [6, 6.07) is 14.9. The molecule has 1 N–H and O–H groups in total. The van der Waals surface area contributed by atoms with Gasteiger partial charge in [0.05, 0.1) is 6.61 Å². The van der Waals surface area contributed by atoms with Crippen LogP contribution in [-0.2, 0) is 9.59 Å². The van der Waals surface area contributed by atoms with Crippen molar-refractivity contribution in [1.29, 1.82) is 0 Å². The summed E-state index contributed by atoms with van der Waals surface area (Å²) in [7, 11) is 0. The highest BCUT2D eigenvalue weighted by Gasteiger charge is 2.37. The van der Waals surface area contributed by atoms with E-state index in [1.165, 1.54) is 6.92 Å². The van der Waals surface area contributed by atoms with Crippen molar-refractivity contribution in [2.24, 2.45) is 0 Å². The predicted octanol–water partition coefficient (Wildman–Crippen LogP) is 2.99. The maximum Gasteiger partial charge on any atom is 0.254 e. The van der Waals surface area contributed by atoms with E-state index in [1.54, 1.807) is 4.90 Å². The van der Waals surface area contributed by atoms with Crippen LogP contribution < -0.4 is 15.0 Å². The molecule has 3 rings (SSSR count). The number of fused-ring (bicyclic) bond motifs is 1. The largest absolute Gasteiger partial charge is 0.493 e. The van der Waals surface area contributed by atoms with E-state index in [9.17, 15) is 9.59 Å². The van der Waals surface area contributed by atoms with E-state index in [1.807, 2.05) is 55.5 Å². The van der Waals surface area contributed by atoms with Crippen molar-refractivity contribution in [3.8, 4) is 5.75 Å². The van der Waals surface area contributed by atoms with Crippen LogP contribution in [0.2, 0.25) is 0 Å². The lowest BCUT2D eigenvalue weighted by atomic mass is 10.1. The van der Waals surface area contributed by atoms with Gasteiger partial charge in [-0.25, -0.2) is 0 Å². The number of carbonyl (C=O) groups is 2. The monoisotopic (exact) mass is 338 g/mol. The number of ether oxygens (including phenoxy) is 1. The highest BCUT2D eigenvalue weighted by molar-refractivity contribution is 6.06. The van der Waals surface area contributed by atoms with E-state index in [4.69, 9.17) is 4.74 Å². The molecular weight excluding hydrogens is 316 g/mol. The van der Waals surface area contributed by atoms with Gasteiger partial charge in [0.1, 0.15) is 11.8 Å². The van der Waals surface area contributed by atoms with Crippen molar-refractivity contribution in [3.05, 3.63) is 59.7 Å². The van der Waals surface area contributed by atoms with Gasteiger partial charge in [0.25, 0.3) is 5.91 Å². The number of nitrogens with zero attached hydrogens (tertiary/aromatic N) is 1. The van der Waals surface area contributed by atoms with Gasteiger partial charge in [-0.2, -0.15) is 0 Å². The second-order valence-corrected chi connectivity index (χ2v) is 6.15. The Morgan fingerprint density at radius 3 is 2.64 bits per heavy atom. The molecule has 1 heterocycles. The molecule has 0 radical (unpaired) electrons. The lowest BCUT2D eigenvalue weighted by Gasteiger charge is -2.18. The molecule has 2 aromatic carbocycles. The van der Waals surface area contributed by atoms with Crippen LogP contribution in [0.4, 0.5) is 5.69 Å². The minimum atomic E-state index is -0.592. The van der Waals surface area contributed by atoms with Gasteiger partial charge in [-0.3, -0.25) is 9.59 Å². The Morgan fingerprint density at radius 1 is 1.16 bits per heavy atom. The Morgan fingerprint density at radius 2 is 1.88 bits per heavy atom. The third-order valence-corrected chi connectivity index (χ3v) is 4.28. The van der Waals surface area contributed by atoms with E-state index in [0.29, 0.717) is 19.6 Å². The minimum Gasteiger partial charge on any atom is -0.493 e. The van der Waals surface area contributed by atoms with Gasteiger partial charge < -0.3 is 15.0 Å². The fraction of sp³-hybridized carbons (Fsp3) is 0.300. The standard InChI is InChI=1S/C20H22N2O3/c1-14-8-3-6-11-18(14)25-13-7-12-22-17-10-5-4-9-16(17)19(20(22)24)21-15(2)23/h3-6,8-11,19H,7,12-13H2,1-2H3,(H,21,23)/t19-/m1/s1. The fourth-order valence-corrected chi connectivity index (χ4v) is 3.08. The molecule has 1 atom stereocenters. The number of aryl methyl sites for hydroxylation is 1. The zero-order valence-electron chi connectivity index (χ0n) is 14.5. The Labute approximate surface area is 147 Å². The molecule has 2 aromatic rings. The van der Waals surface area contributed by atoms with E-state index in [2.05, 4.69) is 5.32 Å². The number of hydrogen-bond acceptors (Lipinski definition) is 3. The van der Waals surface area contributed by atoms with Gasteiger partial charge in [0, 0.05) is 24.7 Å². The van der Waals surface area contributed by atoms with Crippen molar-refractivity contribution >= 4 is 17.5 Å². The van der Waals surface area contributed by atoms with Gasteiger partial charge >= 0.3 is 0 Å². The lowest BCUT2D eigenvalue weighted by molar-refractivity contribution is -0.126. The molecule has 0 fully saturated rings. The summed E-state index contributed by atoms with van der Waals surface area (Å²) < 4.78 is 5.80. The first kappa shape index (κ1) is 17.0. The lowest BCUT2D eigenvalue weighted by Crippen LogP contribution is -2.37. The topological polar surface area (TPSA) is 58.6 Å². The summed E-state index contributed by atoms with van der Waals surface area (Å²) in [6.07, 6.45) is 0.710. The summed E-state index contributed by atoms with van der Waals surface area (Å²) in [6.45, 7) is 4.52. The van der Waals surface area contributed by atoms with Gasteiger partial charge in [0.2, 0.25) is 5.91 Å². The molecule has 130 valence electrons. The zero-order valence-corrected chi connectivity index (χ0v) is 14.5. The van der Waals surface area contributed by atoms with Crippen molar-refractivity contribution in [1.82, 2.24) is 5.32 Å². The second-order valence-electron chi connectivity index (χ2n) is 6.15. The molecule has 0 bridgehead atoms. The fourth-order valence-electron chi connectivity index (χ4n) is 3.08. The summed E-state index contributed by atoms with van der Waals surface area (Å²) in [5, 5.41) is 2.74. The van der Waals surface area contributed by atoms with Crippen LogP contribution in [-0.4, -0.2) is 25.0 Å². The number of rotatable bonds is 6. The van der Waals surface area contributed by atoms with E-state index in [-0.39, 0.29) is 11.8 Å². The van der Waals surface area contributed by atoms with Crippen LogP contribution >= 0.6 is 0 Å². The van der Waals surface area contributed by atoms with Crippen LogP contribution in [0.25, 0.3) is 0 Å². The molecule has 25 heavy (non-hydrogen) atoms. The number of benzene rings is 2. The Bertz CT molecular complexity index is 788. The molecular formula is C20H22N2O3. The molecule has 1 aliphatic rings. The van der Waals surface area contributed by atoms with Gasteiger partial charge in [-0.1, -0.05) is 36.4 Å².